The summed E-state index contributed by atoms with van der Waals surface area (Å²) in [6.45, 7) is 0. The molecule has 2 aliphatic heterocycles. The molecule has 2 aliphatic rings. The van der Waals surface area contributed by atoms with Gasteiger partial charge in [-0.05, 0) is 42.1 Å². The lowest BCUT2D eigenvalue weighted by molar-refractivity contribution is -0.136. The van der Waals surface area contributed by atoms with Crippen molar-refractivity contribution in [3.8, 4) is 5.75 Å². The van der Waals surface area contributed by atoms with Gasteiger partial charge >= 0.3 is 0 Å². The molecule has 2 unspecified atom stereocenters. The molecular formula is C25H23N3O4S2. The maximum Gasteiger partial charge on any atom is 0.257 e. The summed E-state index contributed by atoms with van der Waals surface area (Å²) in [5.74, 6) is 0.483. The highest BCUT2D eigenvalue weighted by atomic mass is 32.2. The number of hydrogen-bond donors (Lipinski definition) is 2. The van der Waals surface area contributed by atoms with Crippen LogP contribution in [0.15, 0.2) is 66.0 Å². The van der Waals surface area contributed by atoms with E-state index in [1.807, 2.05) is 17.5 Å². The standard InChI is InChI=1S/C25H23N3O4S2/c1-32-17-7-4-6-16(14-17)26-23(30)18-8-2-3-9-19(18)27-24(31)20-15-34-25(21-10-5-13-33-21)12-11-22(29)28(20)25/h2-10,13-14,20H,11-12,15H2,1H3,(H,26,30)(H,27,31). The zero-order valence-corrected chi connectivity index (χ0v) is 20.1. The van der Waals surface area contributed by atoms with E-state index in [1.165, 1.54) is 0 Å². The Kier molecular flexibility index (Phi) is 6.05. The number of thiophene rings is 1. The topological polar surface area (TPSA) is 87.7 Å². The van der Waals surface area contributed by atoms with Gasteiger partial charge in [-0.1, -0.05) is 24.3 Å². The number of amides is 3. The highest BCUT2D eigenvalue weighted by molar-refractivity contribution is 8.00. The summed E-state index contributed by atoms with van der Waals surface area (Å²) in [7, 11) is 1.56. The third-order valence-electron chi connectivity index (χ3n) is 6.09. The minimum atomic E-state index is -0.600. The van der Waals surface area contributed by atoms with Crippen LogP contribution < -0.4 is 15.4 Å². The Balaban J connectivity index is 1.36. The Bertz CT molecular complexity index is 1250. The Morgan fingerprint density at radius 2 is 1.94 bits per heavy atom. The average molecular weight is 494 g/mol. The van der Waals surface area contributed by atoms with Crippen LogP contribution in [-0.4, -0.2) is 41.5 Å². The molecule has 0 spiro atoms. The van der Waals surface area contributed by atoms with Crippen molar-refractivity contribution in [2.75, 3.05) is 23.5 Å². The number of nitrogens with zero attached hydrogens (tertiary/aromatic N) is 1. The molecule has 3 heterocycles. The summed E-state index contributed by atoms with van der Waals surface area (Å²) in [5.41, 5.74) is 1.32. The minimum absolute atomic E-state index is 0.0115. The van der Waals surface area contributed by atoms with Gasteiger partial charge in [0.25, 0.3) is 5.91 Å². The molecule has 0 bridgehead atoms. The first-order chi connectivity index (χ1) is 16.5. The van der Waals surface area contributed by atoms with Crippen LogP contribution in [0.1, 0.15) is 28.1 Å². The summed E-state index contributed by atoms with van der Waals surface area (Å²) in [6.07, 6.45) is 1.12. The van der Waals surface area contributed by atoms with E-state index < -0.39 is 10.9 Å². The van der Waals surface area contributed by atoms with Crippen molar-refractivity contribution in [2.45, 2.75) is 23.8 Å². The summed E-state index contributed by atoms with van der Waals surface area (Å²) < 4.78 is 5.21. The predicted octanol–water partition coefficient (Wildman–Crippen LogP) is 4.54. The van der Waals surface area contributed by atoms with Gasteiger partial charge in [-0.15, -0.1) is 23.1 Å². The maximum atomic E-state index is 13.4. The molecular weight excluding hydrogens is 470 g/mol. The highest BCUT2D eigenvalue weighted by Crippen LogP contribution is 2.55. The van der Waals surface area contributed by atoms with Crippen LogP contribution in [-0.2, 0) is 14.5 Å². The van der Waals surface area contributed by atoms with Gasteiger partial charge in [0.2, 0.25) is 11.8 Å². The second-order valence-corrected chi connectivity index (χ2v) is 10.3. The van der Waals surface area contributed by atoms with E-state index in [-0.39, 0.29) is 17.7 Å². The molecule has 0 saturated carbocycles. The van der Waals surface area contributed by atoms with Crippen LogP contribution in [0.3, 0.4) is 0 Å². The summed E-state index contributed by atoms with van der Waals surface area (Å²) >= 11 is 3.26. The number of hydrogen-bond acceptors (Lipinski definition) is 6. The van der Waals surface area contributed by atoms with E-state index in [1.54, 1.807) is 83.6 Å². The lowest BCUT2D eigenvalue weighted by Crippen LogP contribution is -2.47. The Labute approximate surface area is 205 Å². The Morgan fingerprint density at radius 1 is 1.09 bits per heavy atom. The number of anilines is 2. The molecule has 5 rings (SSSR count). The highest BCUT2D eigenvalue weighted by Gasteiger charge is 2.57. The van der Waals surface area contributed by atoms with Gasteiger partial charge < -0.3 is 20.3 Å². The summed E-state index contributed by atoms with van der Waals surface area (Å²) in [5, 5.41) is 7.75. The molecule has 0 aliphatic carbocycles. The van der Waals surface area contributed by atoms with E-state index >= 15 is 0 Å². The van der Waals surface area contributed by atoms with Crippen LogP contribution >= 0.6 is 23.1 Å². The van der Waals surface area contributed by atoms with Gasteiger partial charge in [0.1, 0.15) is 16.7 Å². The molecule has 2 fully saturated rings. The normalized spacial score (nSPS) is 21.3. The van der Waals surface area contributed by atoms with Gasteiger partial charge in [-0.25, -0.2) is 0 Å². The molecule has 174 valence electrons. The molecule has 2 aromatic carbocycles. The van der Waals surface area contributed by atoms with Crippen LogP contribution in [0.25, 0.3) is 0 Å². The van der Waals surface area contributed by atoms with E-state index in [2.05, 4.69) is 10.6 Å². The van der Waals surface area contributed by atoms with Gasteiger partial charge in [0.15, 0.2) is 0 Å². The number of para-hydroxylation sites is 1. The fourth-order valence-electron chi connectivity index (χ4n) is 4.49. The molecule has 2 atom stereocenters. The number of carbonyl (C=O) groups is 3. The van der Waals surface area contributed by atoms with E-state index in [9.17, 15) is 14.4 Å². The molecule has 0 radical (unpaired) electrons. The van der Waals surface area contributed by atoms with Crippen LogP contribution in [0, 0.1) is 0 Å². The van der Waals surface area contributed by atoms with Crippen molar-refractivity contribution in [1.82, 2.24) is 4.90 Å². The molecule has 2 N–H and O–H groups in total. The molecule has 2 saturated heterocycles. The zero-order chi connectivity index (χ0) is 23.7. The largest absolute Gasteiger partial charge is 0.497 e. The predicted molar refractivity (Wildman–Crippen MR) is 134 cm³/mol. The van der Waals surface area contributed by atoms with Crippen molar-refractivity contribution < 1.29 is 19.1 Å². The number of nitrogens with one attached hydrogen (secondary N) is 2. The fourth-order valence-corrected chi connectivity index (χ4v) is 7.21. The smallest absolute Gasteiger partial charge is 0.257 e. The number of benzene rings is 2. The van der Waals surface area contributed by atoms with E-state index in [4.69, 9.17) is 4.74 Å². The number of methoxy groups -OCH3 is 1. The molecule has 7 nitrogen and oxygen atoms in total. The lowest BCUT2D eigenvalue weighted by Gasteiger charge is -2.32. The van der Waals surface area contributed by atoms with E-state index in [0.717, 1.165) is 4.88 Å². The second-order valence-electron chi connectivity index (χ2n) is 8.07. The number of thioether (sulfide) groups is 1. The quantitative estimate of drug-likeness (QED) is 0.527. The SMILES string of the molecule is COc1cccc(NC(=O)c2ccccc2NC(=O)C2CSC3(c4cccs4)CCC(=O)N23)c1. The van der Waals surface area contributed by atoms with Crippen molar-refractivity contribution in [1.29, 1.82) is 0 Å². The van der Waals surface area contributed by atoms with Crippen LogP contribution in [0.4, 0.5) is 11.4 Å². The first kappa shape index (κ1) is 22.5. The first-order valence-corrected chi connectivity index (χ1v) is 12.7. The first-order valence-electron chi connectivity index (χ1n) is 10.9. The number of ether oxygens (including phenoxy) is 1. The number of fused-ring (bicyclic) bond motifs is 1. The van der Waals surface area contributed by atoms with Crippen LogP contribution in [0.5, 0.6) is 5.75 Å². The number of rotatable bonds is 6. The minimum Gasteiger partial charge on any atom is -0.497 e. The van der Waals surface area contributed by atoms with Gasteiger partial charge in [0.05, 0.1) is 18.4 Å². The van der Waals surface area contributed by atoms with Crippen molar-refractivity contribution in [2.24, 2.45) is 0 Å². The molecule has 34 heavy (non-hydrogen) atoms. The average Bonchev–Trinajstić information content (AvgIpc) is 3.58. The summed E-state index contributed by atoms with van der Waals surface area (Å²) in [4.78, 5) is 41.6. The van der Waals surface area contributed by atoms with Crippen LogP contribution in [0.2, 0.25) is 0 Å². The van der Waals surface area contributed by atoms with Gasteiger partial charge in [-0.2, -0.15) is 0 Å². The number of carbonyl (C=O) groups excluding carboxylic acids is 3. The molecule has 3 amide bonds. The zero-order valence-electron chi connectivity index (χ0n) is 18.4. The monoisotopic (exact) mass is 493 g/mol. The second kappa shape index (κ2) is 9.15. The molecule has 9 heteroatoms. The molecule has 3 aromatic rings. The maximum absolute atomic E-state index is 13.4. The molecule has 1 aromatic heterocycles. The van der Waals surface area contributed by atoms with E-state index in [0.29, 0.717) is 41.3 Å². The third-order valence-corrected chi connectivity index (χ3v) is 8.82. The van der Waals surface area contributed by atoms with Crippen molar-refractivity contribution in [3.63, 3.8) is 0 Å². The Hall–Kier alpha value is -3.30. The van der Waals surface area contributed by atoms with Crippen molar-refractivity contribution >= 4 is 52.2 Å². The summed E-state index contributed by atoms with van der Waals surface area (Å²) in [6, 6.07) is 17.3. The lowest BCUT2D eigenvalue weighted by atomic mass is 10.1. The van der Waals surface area contributed by atoms with Crippen molar-refractivity contribution in [3.05, 3.63) is 76.5 Å². The Morgan fingerprint density at radius 3 is 2.74 bits per heavy atom. The van der Waals surface area contributed by atoms with Gasteiger partial charge in [0, 0.05) is 28.8 Å². The fraction of sp³-hybridized carbons (Fsp3) is 0.240. The van der Waals surface area contributed by atoms with Gasteiger partial charge in [-0.3, -0.25) is 14.4 Å². The third kappa shape index (κ3) is 3.95.